The number of aromatic nitrogens is 2. The number of hydrogen-bond donors (Lipinski definition) is 2. The molecule has 0 aliphatic heterocycles. The van der Waals surface area contributed by atoms with Crippen LogP contribution in [0, 0.1) is 4.77 Å². The lowest BCUT2D eigenvalue weighted by molar-refractivity contribution is 0.0690. The van der Waals surface area contributed by atoms with Crippen molar-refractivity contribution in [3.8, 4) is 0 Å². The predicted octanol–water partition coefficient (Wildman–Crippen LogP) is 0.172. The van der Waals surface area contributed by atoms with Gasteiger partial charge in [-0.15, -0.1) is 0 Å². The van der Waals surface area contributed by atoms with Crippen molar-refractivity contribution in [1.29, 1.82) is 0 Å². The van der Waals surface area contributed by atoms with Crippen LogP contribution in [0.3, 0.4) is 0 Å². The molecule has 0 aliphatic carbocycles. The van der Waals surface area contributed by atoms with Crippen LogP contribution in [0.4, 0.5) is 0 Å². The molecule has 70 valence electrons. The molecule has 0 amide bonds. The summed E-state index contributed by atoms with van der Waals surface area (Å²) in [6.07, 6.45) is 0. The van der Waals surface area contributed by atoms with E-state index >= 15 is 0 Å². The molecule has 0 saturated heterocycles. The Bertz CT molecular complexity index is 510. The van der Waals surface area contributed by atoms with E-state index in [1.165, 1.54) is 0 Å². The van der Waals surface area contributed by atoms with Crippen molar-refractivity contribution in [2.24, 2.45) is 0 Å². The molecule has 0 radical (unpaired) electrons. The number of aromatic amines is 1. The number of nitrogens with zero attached hydrogens (tertiary/aromatic N) is 1. The smallest absolute Gasteiger partial charge is 0.352 e. The standard InChI is InChI=1S/C5H3ClN2O4S/c6-3-1-2(4(9)10)7-5(8-3)13(11)12/h1,7H,(H,9,10). The molecule has 0 aromatic carbocycles. The number of halogens is 1. The van der Waals surface area contributed by atoms with E-state index in [1.807, 2.05) is 0 Å². The van der Waals surface area contributed by atoms with Crippen LogP contribution in [-0.4, -0.2) is 29.5 Å². The number of aromatic carboxylic acids is 1. The van der Waals surface area contributed by atoms with Gasteiger partial charge in [-0.05, 0) is 0 Å². The number of carbonyl (C=O) groups is 1. The van der Waals surface area contributed by atoms with Gasteiger partial charge in [0.2, 0.25) is 0 Å². The largest absolute Gasteiger partial charge is 0.477 e. The van der Waals surface area contributed by atoms with Crippen LogP contribution < -0.4 is 0 Å². The van der Waals surface area contributed by atoms with Gasteiger partial charge >= 0.3 is 5.97 Å². The van der Waals surface area contributed by atoms with Crippen LogP contribution in [0.25, 0.3) is 0 Å². The Kier molecular flexibility index (Phi) is 2.69. The maximum absolute atomic E-state index is 10.4. The van der Waals surface area contributed by atoms with E-state index < -0.39 is 21.0 Å². The quantitative estimate of drug-likeness (QED) is 0.521. The molecule has 1 aromatic rings. The molecular weight excluding hydrogens is 220 g/mol. The summed E-state index contributed by atoms with van der Waals surface area (Å²) in [7, 11) is -2.63. The molecule has 1 heterocycles. The third-order valence-corrected chi connectivity index (χ3v) is 1.80. The van der Waals surface area contributed by atoms with Crippen LogP contribution in [0.2, 0.25) is 5.15 Å². The minimum atomic E-state index is -2.63. The Morgan fingerprint density at radius 1 is 1.62 bits per heavy atom. The number of carboxylic acids is 1. The molecule has 0 saturated carbocycles. The van der Waals surface area contributed by atoms with Crippen LogP contribution in [-0.2, 0) is 10.3 Å². The monoisotopic (exact) mass is 222 g/mol. The molecule has 1 rings (SSSR count). The van der Waals surface area contributed by atoms with Gasteiger partial charge in [0.15, 0.2) is 0 Å². The zero-order valence-electron chi connectivity index (χ0n) is 5.98. The summed E-state index contributed by atoms with van der Waals surface area (Å²) in [5, 5.41) is 8.30. The summed E-state index contributed by atoms with van der Waals surface area (Å²) < 4.78 is 20.3. The minimum Gasteiger partial charge on any atom is -0.477 e. The first kappa shape index (κ1) is 9.75. The molecule has 13 heavy (non-hydrogen) atoms. The number of carboxylic acid groups (broad SMARTS) is 1. The number of hydrogen-bond acceptors (Lipinski definition) is 4. The SMILES string of the molecule is O=C(O)c1cc(Cl)nc(=S(=O)=O)[nH]1. The van der Waals surface area contributed by atoms with Crippen molar-refractivity contribution >= 4 is 27.9 Å². The highest BCUT2D eigenvalue weighted by molar-refractivity contribution is 7.63. The van der Waals surface area contributed by atoms with Crippen molar-refractivity contribution in [1.82, 2.24) is 9.97 Å². The molecular formula is C5H3ClN2O4S. The van der Waals surface area contributed by atoms with E-state index in [0.717, 1.165) is 6.07 Å². The zero-order valence-corrected chi connectivity index (χ0v) is 7.56. The van der Waals surface area contributed by atoms with E-state index in [1.54, 1.807) is 0 Å². The van der Waals surface area contributed by atoms with E-state index in [0.29, 0.717) is 0 Å². The lowest BCUT2D eigenvalue weighted by atomic mass is 10.4. The Balaban J connectivity index is 3.65. The molecule has 8 heteroatoms. The van der Waals surface area contributed by atoms with Gasteiger partial charge < -0.3 is 10.1 Å². The lowest BCUT2D eigenvalue weighted by Gasteiger charge is -1.93. The van der Waals surface area contributed by atoms with Gasteiger partial charge in [-0.25, -0.2) is 9.78 Å². The van der Waals surface area contributed by atoms with Gasteiger partial charge in [0, 0.05) is 6.07 Å². The van der Waals surface area contributed by atoms with Crippen LogP contribution >= 0.6 is 11.6 Å². The molecule has 6 nitrogen and oxygen atoms in total. The maximum atomic E-state index is 10.4. The number of H-pyrrole nitrogens is 1. The Morgan fingerprint density at radius 2 is 2.23 bits per heavy atom. The predicted molar refractivity (Wildman–Crippen MR) is 42.7 cm³/mol. The fraction of sp³-hybridized carbons (Fsp3) is 0. The number of nitrogens with one attached hydrogen (secondary N) is 1. The van der Waals surface area contributed by atoms with Crippen molar-refractivity contribution in [2.75, 3.05) is 0 Å². The van der Waals surface area contributed by atoms with Crippen LogP contribution in [0.15, 0.2) is 6.07 Å². The van der Waals surface area contributed by atoms with Crippen molar-refractivity contribution < 1.29 is 18.3 Å². The van der Waals surface area contributed by atoms with Crippen molar-refractivity contribution in [3.05, 3.63) is 21.7 Å². The Hall–Kier alpha value is -1.34. The van der Waals surface area contributed by atoms with Gasteiger partial charge in [0.05, 0.1) is 0 Å². The second-order valence-electron chi connectivity index (χ2n) is 1.96. The zero-order chi connectivity index (χ0) is 10.0. The Labute approximate surface area is 78.4 Å². The van der Waals surface area contributed by atoms with Crippen molar-refractivity contribution in [2.45, 2.75) is 0 Å². The van der Waals surface area contributed by atoms with Crippen LogP contribution in [0.1, 0.15) is 10.5 Å². The first-order valence-electron chi connectivity index (χ1n) is 2.93. The lowest BCUT2D eigenvalue weighted by Crippen LogP contribution is -2.02. The normalized spacial score (nSPS) is 9.62. The van der Waals surface area contributed by atoms with Gasteiger partial charge in [-0.2, -0.15) is 8.42 Å². The summed E-state index contributed by atoms with van der Waals surface area (Å²) in [5.41, 5.74) is -0.334. The highest BCUT2D eigenvalue weighted by Crippen LogP contribution is 2.04. The summed E-state index contributed by atoms with van der Waals surface area (Å²) in [6.45, 7) is 0. The average Bonchev–Trinajstić information content (AvgIpc) is 2.03. The van der Waals surface area contributed by atoms with E-state index in [9.17, 15) is 13.2 Å². The fourth-order valence-electron chi connectivity index (χ4n) is 0.622. The van der Waals surface area contributed by atoms with Gasteiger partial charge in [-0.1, -0.05) is 11.6 Å². The third kappa shape index (κ3) is 2.30. The average molecular weight is 223 g/mol. The molecule has 0 atom stereocenters. The second-order valence-corrected chi connectivity index (χ2v) is 3.21. The van der Waals surface area contributed by atoms with E-state index in [-0.39, 0.29) is 10.8 Å². The van der Waals surface area contributed by atoms with E-state index in [4.69, 9.17) is 16.7 Å². The van der Waals surface area contributed by atoms with E-state index in [2.05, 4.69) is 9.97 Å². The van der Waals surface area contributed by atoms with Crippen molar-refractivity contribution in [3.63, 3.8) is 0 Å². The summed E-state index contributed by atoms with van der Waals surface area (Å²) in [6, 6.07) is 1.01. The molecule has 0 unspecified atom stereocenters. The second kappa shape index (κ2) is 3.58. The highest BCUT2D eigenvalue weighted by Gasteiger charge is 2.04. The Morgan fingerprint density at radius 3 is 2.69 bits per heavy atom. The van der Waals surface area contributed by atoms with Gasteiger partial charge in [0.25, 0.3) is 15.1 Å². The fourth-order valence-corrected chi connectivity index (χ4v) is 1.23. The first-order valence-corrected chi connectivity index (χ1v) is 4.38. The van der Waals surface area contributed by atoms with Gasteiger partial charge in [0.1, 0.15) is 10.8 Å². The molecule has 0 aliphatic rings. The molecule has 0 fully saturated rings. The minimum absolute atomic E-state index is 0.199. The number of rotatable bonds is 1. The summed E-state index contributed by atoms with van der Waals surface area (Å²) >= 11 is 5.37. The molecule has 2 N–H and O–H groups in total. The molecule has 1 aromatic heterocycles. The first-order chi connectivity index (χ1) is 6.00. The summed E-state index contributed by atoms with van der Waals surface area (Å²) in [5.74, 6) is -1.31. The summed E-state index contributed by atoms with van der Waals surface area (Å²) in [4.78, 5) is 15.8. The molecule has 0 spiro atoms. The topological polar surface area (TPSA) is 100 Å². The third-order valence-electron chi connectivity index (χ3n) is 1.10. The van der Waals surface area contributed by atoms with Gasteiger partial charge in [-0.3, -0.25) is 0 Å². The molecule has 0 bridgehead atoms. The van der Waals surface area contributed by atoms with Crippen LogP contribution in [0.5, 0.6) is 0 Å². The maximum Gasteiger partial charge on any atom is 0.352 e. The highest BCUT2D eigenvalue weighted by atomic mass is 35.5.